The minimum Gasteiger partial charge on any atom is -0.478 e. The summed E-state index contributed by atoms with van der Waals surface area (Å²) in [7, 11) is 0. The van der Waals surface area contributed by atoms with Crippen LogP contribution in [0.15, 0.2) is 24.3 Å². The van der Waals surface area contributed by atoms with Gasteiger partial charge in [0.2, 0.25) is 0 Å². The van der Waals surface area contributed by atoms with Crippen LogP contribution < -0.4 is 0 Å². The third-order valence-corrected chi connectivity index (χ3v) is 4.12. The molecule has 0 aliphatic rings. The Kier molecular flexibility index (Phi) is 8.97. The molecule has 142 valence electrons. The van der Waals surface area contributed by atoms with Crippen molar-refractivity contribution in [3.63, 3.8) is 0 Å². The molecular formula is C18H24N2O6. The monoisotopic (exact) mass is 364 g/mol. The van der Waals surface area contributed by atoms with Gasteiger partial charge in [-0.2, -0.15) is 0 Å². The predicted molar refractivity (Wildman–Crippen MR) is 97.3 cm³/mol. The molecule has 0 aliphatic heterocycles. The number of benzene rings is 1. The summed E-state index contributed by atoms with van der Waals surface area (Å²) in [6.45, 7) is 2.13. The fraction of sp³-hybridized carbons (Fsp3) is 0.500. The Morgan fingerprint density at radius 2 is 1.73 bits per heavy atom. The number of unbranched alkanes of at least 4 members (excludes halogenated alkanes) is 5. The van der Waals surface area contributed by atoms with Gasteiger partial charge in [-0.3, -0.25) is 20.2 Å². The van der Waals surface area contributed by atoms with Crippen molar-refractivity contribution < 1.29 is 19.7 Å². The quantitative estimate of drug-likeness (QED) is 0.250. The largest absolute Gasteiger partial charge is 0.478 e. The number of carboxylic acids is 1. The molecule has 0 heterocycles. The zero-order valence-corrected chi connectivity index (χ0v) is 14.8. The van der Waals surface area contributed by atoms with Crippen LogP contribution in [0, 0.1) is 20.2 Å². The molecule has 1 aromatic rings. The first-order valence-electron chi connectivity index (χ1n) is 8.71. The molecule has 0 fully saturated rings. The van der Waals surface area contributed by atoms with Gasteiger partial charge >= 0.3 is 17.3 Å². The number of aryl methyl sites for hydroxylation is 1. The number of nitro groups is 2. The lowest BCUT2D eigenvalue weighted by Gasteiger charge is -2.09. The summed E-state index contributed by atoms with van der Waals surface area (Å²) in [5, 5.41) is 31.2. The summed E-state index contributed by atoms with van der Waals surface area (Å²) in [5.41, 5.74) is -0.239. The topological polar surface area (TPSA) is 124 Å². The number of allylic oxidation sites excluding steroid dienone is 1. The maximum absolute atomic E-state index is 11.4. The Hall–Kier alpha value is -2.77. The van der Waals surface area contributed by atoms with Crippen LogP contribution >= 0.6 is 0 Å². The van der Waals surface area contributed by atoms with Crippen LogP contribution in [0.2, 0.25) is 0 Å². The fourth-order valence-electron chi connectivity index (χ4n) is 2.85. The summed E-state index contributed by atoms with van der Waals surface area (Å²) >= 11 is 0. The van der Waals surface area contributed by atoms with Gasteiger partial charge in [0.15, 0.2) is 0 Å². The molecule has 0 atom stereocenters. The van der Waals surface area contributed by atoms with Crippen molar-refractivity contribution in [3.05, 3.63) is 55.6 Å². The van der Waals surface area contributed by atoms with Crippen molar-refractivity contribution in [1.82, 2.24) is 0 Å². The van der Waals surface area contributed by atoms with Gasteiger partial charge in [0.25, 0.3) is 0 Å². The molecule has 0 unspecified atom stereocenters. The van der Waals surface area contributed by atoms with Crippen molar-refractivity contribution in [2.45, 2.75) is 58.3 Å². The molecule has 0 saturated heterocycles. The second-order valence-electron chi connectivity index (χ2n) is 6.05. The molecule has 0 aromatic heterocycles. The lowest BCUT2D eigenvalue weighted by molar-refractivity contribution is -0.423. The van der Waals surface area contributed by atoms with Gasteiger partial charge in [-0.15, -0.1) is 0 Å². The number of hydrogen-bond donors (Lipinski definition) is 1. The Bertz CT molecular complexity index is 685. The van der Waals surface area contributed by atoms with E-state index in [-0.39, 0.29) is 12.0 Å². The third-order valence-electron chi connectivity index (χ3n) is 4.12. The summed E-state index contributed by atoms with van der Waals surface area (Å²) in [5.74, 6) is -1.17. The summed E-state index contributed by atoms with van der Waals surface area (Å²) in [4.78, 5) is 31.6. The number of aliphatic carboxylic acids is 1. The van der Waals surface area contributed by atoms with E-state index in [1.807, 2.05) is 0 Å². The molecule has 1 rings (SSSR count). The zero-order valence-electron chi connectivity index (χ0n) is 14.8. The third kappa shape index (κ3) is 6.62. The average molecular weight is 364 g/mol. The molecule has 1 N–H and O–H groups in total. The standard InChI is InChI=1S/C18H24N2O6/c1-2-3-4-5-6-7-9-14-12-13-16(19(23)24)18(20(25)26)15(14)10-8-11-17(21)22/h8,11-13H,2-7,9-10H2,1H3,(H,21,22). The maximum atomic E-state index is 11.4. The van der Waals surface area contributed by atoms with Crippen LogP contribution in [0.3, 0.4) is 0 Å². The van der Waals surface area contributed by atoms with E-state index in [4.69, 9.17) is 5.11 Å². The minimum atomic E-state index is -1.17. The summed E-state index contributed by atoms with van der Waals surface area (Å²) in [6.07, 6.45) is 9.06. The number of nitro benzene ring substituents is 2. The van der Waals surface area contributed by atoms with Gasteiger partial charge in [-0.05, 0) is 24.8 Å². The Balaban J connectivity index is 3.06. The van der Waals surface area contributed by atoms with Gasteiger partial charge in [0.05, 0.1) is 9.85 Å². The molecule has 0 radical (unpaired) electrons. The maximum Gasteiger partial charge on any atom is 0.349 e. The molecule has 0 amide bonds. The number of rotatable bonds is 12. The molecule has 1 aromatic carbocycles. The number of carboxylic acid groups (broad SMARTS) is 1. The summed E-state index contributed by atoms with van der Waals surface area (Å²) < 4.78 is 0. The Morgan fingerprint density at radius 3 is 2.31 bits per heavy atom. The molecule has 8 heteroatoms. The van der Waals surface area contributed by atoms with E-state index in [9.17, 15) is 25.0 Å². The van der Waals surface area contributed by atoms with Crippen LogP contribution in [-0.4, -0.2) is 20.9 Å². The van der Waals surface area contributed by atoms with E-state index in [1.54, 1.807) is 6.07 Å². The van der Waals surface area contributed by atoms with Crippen LogP contribution in [0.4, 0.5) is 11.4 Å². The lowest BCUT2D eigenvalue weighted by Crippen LogP contribution is -2.05. The summed E-state index contributed by atoms with van der Waals surface area (Å²) in [6, 6.07) is 2.70. The molecule has 26 heavy (non-hydrogen) atoms. The highest BCUT2D eigenvalue weighted by molar-refractivity contribution is 5.79. The molecule has 0 bridgehead atoms. The van der Waals surface area contributed by atoms with Gasteiger partial charge in [-0.1, -0.05) is 51.2 Å². The second kappa shape index (κ2) is 11.0. The number of carbonyl (C=O) groups is 1. The Labute approximate surface area is 151 Å². The van der Waals surface area contributed by atoms with Crippen LogP contribution in [0.1, 0.15) is 56.6 Å². The minimum absolute atomic E-state index is 0.0323. The predicted octanol–water partition coefficient (Wildman–Crippen LogP) is 4.59. The van der Waals surface area contributed by atoms with Crippen molar-refractivity contribution in [2.24, 2.45) is 0 Å². The lowest BCUT2D eigenvalue weighted by atomic mass is 9.96. The van der Waals surface area contributed by atoms with E-state index in [0.29, 0.717) is 12.0 Å². The zero-order chi connectivity index (χ0) is 19.5. The molecule has 0 spiro atoms. The highest BCUT2D eigenvalue weighted by Crippen LogP contribution is 2.34. The van der Waals surface area contributed by atoms with Crippen molar-refractivity contribution >= 4 is 17.3 Å². The second-order valence-corrected chi connectivity index (χ2v) is 6.05. The number of nitrogens with zero attached hydrogens (tertiary/aromatic N) is 2. The van der Waals surface area contributed by atoms with Gasteiger partial charge < -0.3 is 5.11 Å². The SMILES string of the molecule is CCCCCCCCc1ccc([N+](=O)[O-])c([N+](=O)[O-])c1CC=CC(=O)O. The van der Waals surface area contributed by atoms with Crippen LogP contribution in [0.25, 0.3) is 0 Å². The van der Waals surface area contributed by atoms with E-state index in [0.717, 1.165) is 44.2 Å². The van der Waals surface area contributed by atoms with Crippen molar-refractivity contribution in [2.75, 3.05) is 0 Å². The highest BCUT2D eigenvalue weighted by atomic mass is 16.6. The van der Waals surface area contributed by atoms with Crippen LogP contribution in [-0.2, 0) is 17.6 Å². The van der Waals surface area contributed by atoms with E-state index >= 15 is 0 Å². The first-order valence-corrected chi connectivity index (χ1v) is 8.71. The first-order chi connectivity index (χ1) is 12.4. The van der Waals surface area contributed by atoms with Gasteiger partial charge in [0, 0.05) is 17.7 Å². The number of hydrogen-bond acceptors (Lipinski definition) is 5. The molecule has 0 aliphatic carbocycles. The normalized spacial score (nSPS) is 11.0. The van der Waals surface area contributed by atoms with Gasteiger partial charge in [-0.25, -0.2) is 4.79 Å². The van der Waals surface area contributed by atoms with Crippen molar-refractivity contribution in [3.8, 4) is 0 Å². The Morgan fingerprint density at radius 1 is 1.08 bits per heavy atom. The van der Waals surface area contributed by atoms with E-state index < -0.39 is 27.2 Å². The average Bonchev–Trinajstić information content (AvgIpc) is 2.57. The smallest absolute Gasteiger partial charge is 0.349 e. The first kappa shape index (κ1) is 21.3. The molecule has 8 nitrogen and oxygen atoms in total. The van der Waals surface area contributed by atoms with E-state index in [1.165, 1.54) is 12.5 Å². The molecule has 0 saturated carbocycles. The van der Waals surface area contributed by atoms with Gasteiger partial charge in [0.1, 0.15) is 0 Å². The van der Waals surface area contributed by atoms with Crippen molar-refractivity contribution in [1.29, 1.82) is 0 Å². The fourth-order valence-corrected chi connectivity index (χ4v) is 2.85. The highest BCUT2D eigenvalue weighted by Gasteiger charge is 2.29. The molecular weight excluding hydrogens is 340 g/mol. The van der Waals surface area contributed by atoms with E-state index in [2.05, 4.69) is 6.92 Å². The van der Waals surface area contributed by atoms with Crippen LogP contribution in [0.5, 0.6) is 0 Å².